The smallest absolute Gasteiger partial charge is 0.342 e. The molecular formula is C19H25N3O3. The summed E-state index contributed by atoms with van der Waals surface area (Å²) in [6.45, 7) is 9.82. The van der Waals surface area contributed by atoms with Gasteiger partial charge in [0.1, 0.15) is 23.1 Å². The lowest BCUT2D eigenvalue weighted by atomic mass is 10.0. The first kappa shape index (κ1) is 18.7. The maximum absolute atomic E-state index is 12.3. The number of nitrogens with zero attached hydrogens (tertiary/aromatic N) is 2. The molecule has 134 valence electrons. The fraction of sp³-hybridized carbons (Fsp3) is 0.421. The molecule has 2 N–H and O–H groups in total. The Labute approximate surface area is 148 Å². The summed E-state index contributed by atoms with van der Waals surface area (Å²) in [4.78, 5) is 20.6. The Hall–Kier alpha value is -2.63. The Morgan fingerprint density at radius 2 is 1.80 bits per heavy atom. The SMILES string of the molecule is CCOC(=O)c1c(C)nc(N)nc1C(C)Oc1ccc(C(C)C)cc1. The summed E-state index contributed by atoms with van der Waals surface area (Å²) in [6, 6.07) is 7.87. The van der Waals surface area contributed by atoms with E-state index in [-0.39, 0.29) is 12.6 Å². The van der Waals surface area contributed by atoms with Gasteiger partial charge in [0.25, 0.3) is 0 Å². The zero-order valence-corrected chi connectivity index (χ0v) is 15.4. The molecule has 0 aliphatic heterocycles. The number of carbonyl (C=O) groups is 1. The first-order valence-corrected chi connectivity index (χ1v) is 8.41. The van der Waals surface area contributed by atoms with Crippen molar-refractivity contribution in [2.24, 2.45) is 0 Å². The lowest BCUT2D eigenvalue weighted by Crippen LogP contribution is -2.18. The van der Waals surface area contributed by atoms with E-state index in [1.165, 1.54) is 5.56 Å². The number of hydrogen-bond donors (Lipinski definition) is 1. The molecule has 0 radical (unpaired) electrons. The number of aryl methyl sites for hydroxylation is 1. The average molecular weight is 343 g/mol. The Kier molecular flexibility index (Phi) is 5.96. The molecule has 25 heavy (non-hydrogen) atoms. The molecular weight excluding hydrogens is 318 g/mol. The van der Waals surface area contributed by atoms with Crippen LogP contribution >= 0.6 is 0 Å². The molecule has 2 aromatic rings. The molecule has 0 saturated heterocycles. The van der Waals surface area contributed by atoms with Crippen LogP contribution in [0.5, 0.6) is 5.75 Å². The minimum absolute atomic E-state index is 0.103. The van der Waals surface area contributed by atoms with E-state index in [4.69, 9.17) is 15.2 Å². The highest BCUT2D eigenvalue weighted by atomic mass is 16.5. The summed E-state index contributed by atoms with van der Waals surface area (Å²) in [5.74, 6) is 0.777. The molecule has 0 spiro atoms. The quantitative estimate of drug-likeness (QED) is 0.803. The molecule has 0 fully saturated rings. The van der Waals surface area contributed by atoms with Gasteiger partial charge in [0.05, 0.1) is 12.3 Å². The van der Waals surface area contributed by atoms with Crippen LogP contribution in [0.2, 0.25) is 0 Å². The third-order valence-electron chi connectivity index (χ3n) is 3.86. The van der Waals surface area contributed by atoms with Gasteiger partial charge in [-0.1, -0.05) is 26.0 Å². The van der Waals surface area contributed by atoms with Crippen LogP contribution in [0.1, 0.15) is 67.0 Å². The predicted octanol–water partition coefficient (Wildman–Crippen LogP) is 3.81. The number of nitrogen functional groups attached to an aromatic ring is 1. The van der Waals surface area contributed by atoms with Crippen molar-refractivity contribution in [2.45, 2.75) is 46.6 Å². The van der Waals surface area contributed by atoms with Crippen molar-refractivity contribution in [2.75, 3.05) is 12.3 Å². The minimum Gasteiger partial charge on any atom is -0.484 e. The number of aromatic nitrogens is 2. The number of hydrogen-bond acceptors (Lipinski definition) is 6. The molecule has 6 nitrogen and oxygen atoms in total. The summed E-state index contributed by atoms with van der Waals surface area (Å²) in [7, 11) is 0. The van der Waals surface area contributed by atoms with Crippen LogP contribution in [0.15, 0.2) is 24.3 Å². The van der Waals surface area contributed by atoms with Crippen molar-refractivity contribution in [3.63, 3.8) is 0 Å². The Morgan fingerprint density at radius 3 is 2.36 bits per heavy atom. The van der Waals surface area contributed by atoms with E-state index in [0.29, 0.717) is 28.6 Å². The van der Waals surface area contributed by atoms with Gasteiger partial charge in [-0.15, -0.1) is 0 Å². The third kappa shape index (κ3) is 4.47. The van der Waals surface area contributed by atoms with E-state index >= 15 is 0 Å². The number of anilines is 1. The third-order valence-corrected chi connectivity index (χ3v) is 3.86. The average Bonchev–Trinajstić information content (AvgIpc) is 2.54. The van der Waals surface area contributed by atoms with E-state index in [0.717, 1.165) is 0 Å². The molecule has 0 aliphatic rings. The number of esters is 1. The zero-order valence-electron chi connectivity index (χ0n) is 15.4. The first-order chi connectivity index (χ1) is 11.8. The van der Waals surface area contributed by atoms with Crippen molar-refractivity contribution < 1.29 is 14.3 Å². The van der Waals surface area contributed by atoms with Gasteiger partial charge in [0.15, 0.2) is 0 Å². The summed E-state index contributed by atoms with van der Waals surface area (Å²) in [6.07, 6.45) is -0.478. The van der Waals surface area contributed by atoms with Crippen LogP contribution in [0.4, 0.5) is 5.95 Å². The molecule has 0 aliphatic carbocycles. The van der Waals surface area contributed by atoms with E-state index in [1.54, 1.807) is 13.8 Å². The fourth-order valence-electron chi connectivity index (χ4n) is 2.56. The van der Waals surface area contributed by atoms with Crippen LogP contribution in [0.25, 0.3) is 0 Å². The minimum atomic E-state index is -0.478. The second-order valence-corrected chi connectivity index (χ2v) is 6.13. The van der Waals surface area contributed by atoms with Gasteiger partial charge < -0.3 is 15.2 Å². The van der Waals surface area contributed by atoms with Gasteiger partial charge in [-0.2, -0.15) is 0 Å². The fourth-order valence-corrected chi connectivity index (χ4v) is 2.56. The van der Waals surface area contributed by atoms with Crippen molar-refractivity contribution in [3.8, 4) is 5.75 Å². The normalized spacial score (nSPS) is 12.1. The summed E-state index contributed by atoms with van der Waals surface area (Å²) >= 11 is 0. The standard InChI is InChI=1S/C19H25N3O3/c1-6-24-18(23)16-12(4)21-19(20)22-17(16)13(5)25-15-9-7-14(8-10-15)11(2)3/h7-11,13H,6H2,1-5H3,(H2,20,21,22). The van der Waals surface area contributed by atoms with Gasteiger partial charge in [0.2, 0.25) is 5.95 Å². The monoisotopic (exact) mass is 343 g/mol. The van der Waals surface area contributed by atoms with Crippen LogP contribution in [0, 0.1) is 6.92 Å². The first-order valence-electron chi connectivity index (χ1n) is 8.41. The Bertz CT molecular complexity index is 742. The molecule has 0 amide bonds. The van der Waals surface area contributed by atoms with E-state index < -0.39 is 12.1 Å². The van der Waals surface area contributed by atoms with E-state index in [1.807, 2.05) is 31.2 Å². The second kappa shape index (κ2) is 7.96. The van der Waals surface area contributed by atoms with Gasteiger partial charge in [-0.3, -0.25) is 0 Å². The molecule has 1 unspecified atom stereocenters. The number of ether oxygens (including phenoxy) is 2. The van der Waals surface area contributed by atoms with Crippen LogP contribution in [-0.2, 0) is 4.74 Å². The lowest BCUT2D eigenvalue weighted by molar-refractivity contribution is 0.0518. The van der Waals surface area contributed by atoms with Crippen LogP contribution in [0.3, 0.4) is 0 Å². The molecule has 1 heterocycles. The highest BCUT2D eigenvalue weighted by molar-refractivity contribution is 5.92. The number of rotatable bonds is 6. The number of benzene rings is 1. The highest BCUT2D eigenvalue weighted by Crippen LogP contribution is 2.26. The van der Waals surface area contributed by atoms with Crippen LogP contribution in [-0.4, -0.2) is 22.5 Å². The molecule has 6 heteroatoms. The van der Waals surface area contributed by atoms with Gasteiger partial charge in [0, 0.05) is 0 Å². The van der Waals surface area contributed by atoms with Gasteiger partial charge in [-0.25, -0.2) is 14.8 Å². The summed E-state index contributed by atoms with van der Waals surface area (Å²) in [5.41, 5.74) is 8.20. The van der Waals surface area contributed by atoms with Crippen LogP contribution < -0.4 is 10.5 Å². The molecule has 1 atom stereocenters. The second-order valence-electron chi connectivity index (χ2n) is 6.13. The topological polar surface area (TPSA) is 87.3 Å². The van der Waals surface area contributed by atoms with Crippen molar-refractivity contribution in [3.05, 3.63) is 46.8 Å². The summed E-state index contributed by atoms with van der Waals surface area (Å²) < 4.78 is 11.1. The van der Waals surface area contributed by atoms with Gasteiger partial charge in [-0.05, 0) is 44.4 Å². The molecule has 1 aromatic carbocycles. The molecule has 0 saturated carbocycles. The van der Waals surface area contributed by atoms with Crippen molar-refractivity contribution in [1.82, 2.24) is 9.97 Å². The summed E-state index contributed by atoms with van der Waals surface area (Å²) in [5, 5.41) is 0. The Morgan fingerprint density at radius 1 is 1.16 bits per heavy atom. The number of nitrogens with two attached hydrogens (primary N) is 1. The van der Waals surface area contributed by atoms with Gasteiger partial charge >= 0.3 is 5.97 Å². The maximum Gasteiger partial charge on any atom is 0.342 e. The van der Waals surface area contributed by atoms with E-state index in [2.05, 4.69) is 23.8 Å². The molecule has 1 aromatic heterocycles. The molecule has 0 bridgehead atoms. The maximum atomic E-state index is 12.3. The highest BCUT2D eigenvalue weighted by Gasteiger charge is 2.24. The molecule has 2 rings (SSSR count). The largest absolute Gasteiger partial charge is 0.484 e. The Balaban J connectivity index is 2.31. The van der Waals surface area contributed by atoms with Crippen molar-refractivity contribution >= 4 is 11.9 Å². The zero-order chi connectivity index (χ0) is 18.6. The van der Waals surface area contributed by atoms with E-state index in [9.17, 15) is 4.79 Å². The predicted molar refractivity (Wildman–Crippen MR) is 96.7 cm³/mol. The lowest BCUT2D eigenvalue weighted by Gasteiger charge is -2.18. The van der Waals surface area contributed by atoms with Crippen molar-refractivity contribution in [1.29, 1.82) is 0 Å². The number of carbonyl (C=O) groups excluding carboxylic acids is 1.